The number of nitrogens with one attached hydrogen (secondary N) is 1. The Labute approximate surface area is 112 Å². The van der Waals surface area contributed by atoms with Gasteiger partial charge in [-0.3, -0.25) is 4.79 Å². The zero-order chi connectivity index (χ0) is 14.0. The summed E-state index contributed by atoms with van der Waals surface area (Å²) in [6.45, 7) is 0. The summed E-state index contributed by atoms with van der Waals surface area (Å²) in [5, 5.41) is 2.70. The van der Waals surface area contributed by atoms with Crippen LogP contribution < -0.4 is 11.1 Å². The molecule has 2 aromatic rings. The molecule has 0 atom stereocenters. The van der Waals surface area contributed by atoms with Crippen molar-refractivity contribution in [2.75, 3.05) is 11.1 Å². The molecular weight excluding hydrogens is 276 g/mol. The molecule has 0 saturated carbocycles. The van der Waals surface area contributed by atoms with Crippen LogP contribution in [0.3, 0.4) is 0 Å². The summed E-state index contributed by atoms with van der Waals surface area (Å²) in [5.41, 5.74) is 4.60. The molecular formula is C12H8ClF2N3O. The normalized spacial score (nSPS) is 10.3. The number of nitrogens with two attached hydrogens (primary N) is 1. The van der Waals surface area contributed by atoms with E-state index in [-0.39, 0.29) is 17.1 Å². The van der Waals surface area contributed by atoms with E-state index >= 15 is 0 Å². The minimum Gasteiger partial charge on any atom is -0.396 e. The van der Waals surface area contributed by atoms with E-state index in [0.717, 1.165) is 6.07 Å². The third kappa shape index (κ3) is 2.97. The Morgan fingerprint density at radius 3 is 2.68 bits per heavy atom. The Balaban J connectivity index is 2.28. The molecule has 1 heterocycles. The number of halogens is 3. The van der Waals surface area contributed by atoms with Gasteiger partial charge in [-0.25, -0.2) is 13.8 Å². The second-order valence-electron chi connectivity index (χ2n) is 3.67. The number of nitrogens with zero attached hydrogens (tertiary/aromatic N) is 1. The minimum absolute atomic E-state index is 0.153. The van der Waals surface area contributed by atoms with E-state index in [9.17, 15) is 13.6 Å². The molecule has 0 saturated heterocycles. The van der Waals surface area contributed by atoms with Crippen LogP contribution in [0.25, 0.3) is 0 Å². The molecule has 1 aromatic heterocycles. The molecule has 3 N–H and O–H groups in total. The third-order valence-electron chi connectivity index (χ3n) is 2.29. The van der Waals surface area contributed by atoms with Crippen molar-refractivity contribution in [1.29, 1.82) is 0 Å². The Morgan fingerprint density at radius 2 is 2.00 bits per heavy atom. The van der Waals surface area contributed by atoms with E-state index in [1.165, 1.54) is 18.3 Å². The Bertz CT molecular complexity index is 649. The van der Waals surface area contributed by atoms with Gasteiger partial charge in [-0.15, -0.1) is 0 Å². The highest BCUT2D eigenvalue weighted by Crippen LogP contribution is 2.18. The first kappa shape index (κ1) is 13.2. The van der Waals surface area contributed by atoms with Crippen molar-refractivity contribution >= 4 is 29.0 Å². The van der Waals surface area contributed by atoms with Gasteiger partial charge in [0, 0.05) is 17.3 Å². The van der Waals surface area contributed by atoms with Crippen LogP contribution in [0.2, 0.25) is 5.02 Å². The van der Waals surface area contributed by atoms with E-state index in [1.54, 1.807) is 0 Å². The molecule has 0 radical (unpaired) electrons. The standard InChI is InChI=1S/C12H8ClF2N3O/c13-6-1-2-17-11(3-6)18-12(19)7-4-10(16)9(15)5-8(7)14/h1-5H,16H2,(H,17,18,19). The number of rotatable bonds is 2. The van der Waals surface area contributed by atoms with Crippen molar-refractivity contribution in [2.24, 2.45) is 0 Å². The van der Waals surface area contributed by atoms with E-state index in [2.05, 4.69) is 10.3 Å². The lowest BCUT2D eigenvalue weighted by atomic mass is 10.1. The molecule has 2 rings (SSSR count). The summed E-state index contributed by atoms with van der Waals surface area (Å²) < 4.78 is 26.4. The smallest absolute Gasteiger partial charge is 0.259 e. The summed E-state index contributed by atoms with van der Waals surface area (Å²) in [7, 11) is 0. The van der Waals surface area contributed by atoms with Crippen molar-refractivity contribution in [3.63, 3.8) is 0 Å². The Morgan fingerprint density at radius 1 is 1.26 bits per heavy atom. The molecule has 0 aliphatic carbocycles. The summed E-state index contributed by atoms with van der Waals surface area (Å²) in [4.78, 5) is 15.6. The number of anilines is 2. The maximum absolute atomic E-state index is 13.5. The number of amides is 1. The SMILES string of the molecule is Nc1cc(C(=O)Nc2cc(Cl)ccn2)c(F)cc1F. The first-order valence-corrected chi connectivity index (χ1v) is 5.52. The fourth-order valence-corrected chi connectivity index (χ4v) is 1.56. The molecule has 0 aliphatic heterocycles. The monoisotopic (exact) mass is 283 g/mol. The van der Waals surface area contributed by atoms with Crippen molar-refractivity contribution < 1.29 is 13.6 Å². The van der Waals surface area contributed by atoms with Crippen LogP contribution in [-0.4, -0.2) is 10.9 Å². The third-order valence-corrected chi connectivity index (χ3v) is 2.53. The summed E-state index contributed by atoms with van der Waals surface area (Å²) in [6.07, 6.45) is 1.38. The van der Waals surface area contributed by atoms with Crippen LogP contribution in [0.5, 0.6) is 0 Å². The van der Waals surface area contributed by atoms with Crippen LogP contribution in [-0.2, 0) is 0 Å². The lowest BCUT2D eigenvalue weighted by molar-refractivity contribution is 0.102. The fraction of sp³-hybridized carbons (Fsp3) is 0. The zero-order valence-electron chi connectivity index (χ0n) is 9.45. The lowest BCUT2D eigenvalue weighted by Crippen LogP contribution is -2.15. The number of carbonyl (C=O) groups is 1. The predicted molar refractivity (Wildman–Crippen MR) is 68.0 cm³/mol. The van der Waals surface area contributed by atoms with Gasteiger partial charge in [-0.2, -0.15) is 0 Å². The van der Waals surface area contributed by atoms with E-state index < -0.39 is 17.5 Å². The van der Waals surface area contributed by atoms with Crippen molar-refractivity contribution in [3.05, 3.63) is 52.7 Å². The Hall–Kier alpha value is -2.21. The van der Waals surface area contributed by atoms with Gasteiger partial charge in [0.05, 0.1) is 11.3 Å². The van der Waals surface area contributed by atoms with Gasteiger partial charge < -0.3 is 11.1 Å². The highest BCUT2D eigenvalue weighted by atomic mass is 35.5. The molecule has 1 aromatic carbocycles. The van der Waals surface area contributed by atoms with Gasteiger partial charge in [-0.05, 0) is 18.2 Å². The van der Waals surface area contributed by atoms with Gasteiger partial charge in [0.1, 0.15) is 17.5 Å². The maximum Gasteiger partial charge on any atom is 0.259 e. The number of pyridine rings is 1. The molecule has 98 valence electrons. The van der Waals surface area contributed by atoms with Crippen LogP contribution in [0.4, 0.5) is 20.3 Å². The van der Waals surface area contributed by atoms with Crippen LogP contribution in [0.15, 0.2) is 30.5 Å². The minimum atomic E-state index is -1.01. The summed E-state index contributed by atoms with van der Waals surface area (Å²) >= 11 is 5.72. The summed E-state index contributed by atoms with van der Waals surface area (Å²) in [5.74, 6) is -2.57. The summed E-state index contributed by atoms with van der Waals surface area (Å²) in [6, 6.07) is 4.39. The first-order valence-electron chi connectivity index (χ1n) is 5.15. The molecule has 1 amide bonds. The molecule has 0 bridgehead atoms. The molecule has 4 nitrogen and oxygen atoms in total. The van der Waals surface area contributed by atoms with Crippen molar-refractivity contribution in [3.8, 4) is 0 Å². The van der Waals surface area contributed by atoms with Gasteiger partial charge in [0.25, 0.3) is 5.91 Å². The molecule has 0 fully saturated rings. The zero-order valence-corrected chi connectivity index (χ0v) is 10.2. The molecule has 7 heteroatoms. The fourth-order valence-electron chi connectivity index (χ4n) is 1.40. The van der Waals surface area contributed by atoms with Gasteiger partial charge in [-0.1, -0.05) is 11.6 Å². The second kappa shape index (κ2) is 5.19. The lowest BCUT2D eigenvalue weighted by Gasteiger charge is -2.07. The largest absolute Gasteiger partial charge is 0.396 e. The first-order chi connectivity index (χ1) is 8.97. The van der Waals surface area contributed by atoms with Crippen molar-refractivity contribution in [2.45, 2.75) is 0 Å². The second-order valence-corrected chi connectivity index (χ2v) is 4.10. The number of benzene rings is 1. The average molecular weight is 284 g/mol. The highest BCUT2D eigenvalue weighted by molar-refractivity contribution is 6.30. The molecule has 0 unspecified atom stereocenters. The maximum atomic E-state index is 13.5. The van der Waals surface area contributed by atoms with Gasteiger partial charge in [0.2, 0.25) is 0 Å². The average Bonchev–Trinajstić information content (AvgIpc) is 2.33. The van der Waals surface area contributed by atoms with Gasteiger partial charge >= 0.3 is 0 Å². The van der Waals surface area contributed by atoms with E-state index in [1.807, 2.05) is 0 Å². The topological polar surface area (TPSA) is 68.0 Å². The van der Waals surface area contributed by atoms with Crippen LogP contribution >= 0.6 is 11.6 Å². The quantitative estimate of drug-likeness (QED) is 0.833. The molecule has 19 heavy (non-hydrogen) atoms. The van der Waals surface area contributed by atoms with Gasteiger partial charge in [0.15, 0.2) is 0 Å². The van der Waals surface area contributed by atoms with Crippen LogP contribution in [0.1, 0.15) is 10.4 Å². The molecule has 0 spiro atoms. The van der Waals surface area contributed by atoms with Crippen LogP contribution in [0, 0.1) is 11.6 Å². The predicted octanol–water partition coefficient (Wildman–Crippen LogP) is 2.85. The molecule has 0 aliphatic rings. The van der Waals surface area contributed by atoms with E-state index in [4.69, 9.17) is 17.3 Å². The van der Waals surface area contributed by atoms with Crippen molar-refractivity contribution in [1.82, 2.24) is 4.98 Å². The number of carbonyl (C=O) groups excluding carboxylic acids is 1. The Kier molecular flexibility index (Phi) is 3.62. The van der Waals surface area contributed by atoms with E-state index in [0.29, 0.717) is 11.1 Å². The number of hydrogen-bond acceptors (Lipinski definition) is 3. The highest BCUT2D eigenvalue weighted by Gasteiger charge is 2.15. The number of hydrogen-bond donors (Lipinski definition) is 2. The number of nitrogen functional groups attached to an aromatic ring is 1. The number of aromatic nitrogens is 1.